The largest absolute Gasteiger partial charge is 0.480 e. The molecule has 1 unspecified atom stereocenters. The number of carbonyl (C=O) groups is 2. The summed E-state index contributed by atoms with van der Waals surface area (Å²) < 4.78 is 0. The van der Waals surface area contributed by atoms with Crippen molar-refractivity contribution in [3.05, 3.63) is 34.9 Å². The Labute approximate surface area is 117 Å². The van der Waals surface area contributed by atoms with Crippen molar-refractivity contribution in [2.75, 3.05) is 0 Å². The summed E-state index contributed by atoms with van der Waals surface area (Å²) in [4.78, 5) is 23.7. The maximum atomic E-state index is 12.3. The number of carboxylic acid groups (broad SMARTS) is 1. The molecule has 1 aliphatic heterocycles. The smallest absolute Gasteiger partial charge is 0.329 e. The van der Waals surface area contributed by atoms with Gasteiger partial charge in [0.05, 0.1) is 0 Å². The molecule has 1 heterocycles. The summed E-state index contributed by atoms with van der Waals surface area (Å²) in [7, 11) is 0. The molecule has 3 rings (SSSR count). The van der Waals surface area contributed by atoms with Gasteiger partial charge in [-0.25, -0.2) is 4.79 Å². The minimum absolute atomic E-state index is 0.0417. The van der Waals surface area contributed by atoms with Gasteiger partial charge in [-0.3, -0.25) is 4.79 Å². The molecule has 20 heavy (non-hydrogen) atoms. The highest BCUT2D eigenvalue weighted by atomic mass is 16.4. The maximum absolute atomic E-state index is 12.3. The van der Waals surface area contributed by atoms with Crippen molar-refractivity contribution in [3.8, 4) is 0 Å². The number of nitrogens with one attached hydrogen (secondary N) is 2. The Kier molecular flexibility index (Phi) is 3.01. The molecular formula is C15H18N2O3. The predicted octanol–water partition coefficient (Wildman–Crippen LogP) is 1.27. The first-order chi connectivity index (χ1) is 9.50. The van der Waals surface area contributed by atoms with Gasteiger partial charge in [0.1, 0.15) is 5.54 Å². The second kappa shape index (κ2) is 4.59. The summed E-state index contributed by atoms with van der Waals surface area (Å²) in [5.41, 5.74) is 1.68. The molecule has 106 valence electrons. The van der Waals surface area contributed by atoms with Crippen LogP contribution in [0.4, 0.5) is 0 Å². The predicted molar refractivity (Wildman–Crippen MR) is 73.2 cm³/mol. The van der Waals surface area contributed by atoms with Crippen LogP contribution in [0, 0.1) is 5.92 Å². The van der Waals surface area contributed by atoms with Crippen LogP contribution in [0.15, 0.2) is 18.2 Å². The number of amides is 1. The molecule has 5 nitrogen and oxygen atoms in total. The van der Waals surface area contributed by atoms with Crippen LogP contribution in [0.1, 0.15) is 41.3 Å². The molecule has 0 saturated heterocycles. The molecular weight excluding hydrogens is 256 g/mol. The van der Waals surface area contributed by atoms with Gasteiger partial charge in [-0.1, -0.05) is 6.07 Å². The summed E-state index contributed by atoms with van der Waals surface area (Å²) in [6, 6.07) is 5.54. The van der Waals surface area contributed by atoms with Crippen LogP contribution in [0.3, 0.4) is 0 Å². The fourth-order valence-electron chi connectivity index (χ4n) is 2.73. The lowest BCUT2D eigenvalue weighted by atomic mass is 9.95. The number of carbonyl (C=O) groups excluding carboxylic acids is 1. The molecule has 5 heteroatoms. The Balaban J connectivity index is 1.80. The van der Waals surface area contributed by atoms with Crippen LogP contribution in [0.2, 0.25) is 0 Å². The number of hydrogen-bond donors (Lipinski definition) is 3. The van der Waals surface area contributed by atoms with E-state index in [-0.39, 0.29) is 11.8 Å². The lowest BCUT2D eigenvalue weighted by molar-refractivity contribution is -0.144. The average Bonchev–Trinajstić information content (AvgIpc) is 3.16. The molecule has 1 aromatic carbocycles. The number of fused-ring (bicyclic) bond motifs is 1. The van der Waals surface area contributed by atoms with Crippen molar-refractivity contribution < 1.29 is 14.7 Å². The third-order valence-corrected chi connectivity index (χ3v) is 4.31. The summed E-state index contributed by atoms with van der Waals surface area (Å²) in [6.45, 7) is 3.18. The zero-order valence-corrected chi connectivity index (χ0v) is 11.4. The van der Waals surface area contributed by atoms with Gasteiger partial charge in [-0.05, 0) is 48.9 Å². The van der Waals surface area contributed by atoms with Crippen LogP contribution >= 0.6 is 0 Å². The van der Waals surface area contributed by atoms with E-state index in [0.29, 0.717) is 5.56 Å². The lowest BCUT2D eigenvalue weighted by Gasteiger charge is -2.26. The van der Waals surface area contributed by atoms with E-state index in [4.69, 9.17) is 0 Å². The monoisotopic (exact) mass is 274 g/mol. The molecule has 0 aromatic heterocycles. The van der Waals surface area contributed by atoms with Gasteiger partial charge in [-0.2, -0.15) is 0 Å². The minimum Gasteiger partial charge on any atom is -0.480 e. The molecule has 3 N–H and O–H groups in total. The number of rotatable bonds is 4. The van der Waals surface area contributed by atoms with E-state index in [1.54, 1.807) is 13.0 Å². The molecule has 1 aromatic rings. The Bertz CT molecular complexity index is 580. The SMILES string of the molecule is CC(NC(=O)c1ccc2c(c1)CNC2)(C(=O)O)C1CC1. The van der Waals surface area contributed by atoms with Crippen molar-refractivity contribution in [2.24, 2.45) is 5.92 Å². The topological polar surface area (TPSA) is 78.4 Å². The molecule has 0 spiro atoms. The quantitative estimate of drug-likeness (QED) is 0.772. The van der Waals surface area contributed by atoms with Gasteiger partial charge in [-0.15, -0.1) is 0 Å². The van der Waals surface area contributed by atoms with Crippen molar-refractivity contribution in [1.29, 1.82) is 0 Å². The van der Waals surface area contributed by atoms with Gasteiger partial charge in [0.2, 0.25) is 0 Å². The number of hydrogen-bond acceptors (Lipinski definition) is 3. The summed E-state index contributed by atoms with van der Waals surface area (Å²) in [5, 5.41) is 15.3. The third kappa shape index (κ3) is 2.18. The molecule has 1 fully saturated rings. The Morgan fingerprint density at radius 3 is 2.65 bits per heavy atom. The highest BCUT2D eigenvalue weighted by Gasteiger charge is 2.48. The molecule has 1 amide bonds. The van der Waals surface area contributed by atoms with E-state index in [0.717, 1.165) is 31.5 Å². The van der Waals surface area contributed by atoms with Gasteiger partial charge < -0.3 is 15.7 Å². The average molecular weight is 274 g/mol. The third-order valence-electron chi connectivity index (χ3n) is 4.31. The molecule has 1 saturated carbocycles. The molecule has 1 atom stereocenters. The van der Waals surface area contributed by atoms with E-state index in [9.17, 15) is 14.7 Å². The first kappa shape index (κ1) is 13.1. The first-order valence-corrected chi connectivity index (χ1v) is 6.89. The van der Waals surface area contributed by atoms with Crippen molar-refractivity contribution in [3.63, 3.8) is 0 Å². The van der Waals surface area contributed by atoms with Crippen LogP contribution in [-0.2, 0) is 17.9 Å². The number of carboxylic acids is 1. The highest BCUT2D eigenvalue weighted by Crippen LogP contribution is 2.39. The fourth-order valence-corrected chi connectivity index (χ4v) is 2.73. The summed E-state index contributed by atoms with van der Waals surface area (Å²) >= 11 is 0. The highest BCUT2D eigenvalue weighted by molar-refractivity contribution is 5.98. The summed E-state index contributed by atoms with van der Waals surface area (Å²) in [6.07, 6.45) is 1.72. The first-order valence-electron chi connectivity index (χ1n) is 6.89. The van der Waals surface area contributed by atoms with Crippen LogP contribution in [-0.4, -0.2) is 22.5 Å². The minimum atomic E-state index is -1.16. The van der Waals surface area contributed by atoms with Crippen molar-refractivity contribution in [2.45, 2.75) is 38.4 Å². The van der Waals surface area contributed by atoms with E-state index in [1.165, 1.54) is 5.56 Å². The second-order valence-electron chi connectivity index (χ2n) is 5.82. The Morgan fingerprint density at radius 1 is 1.30 bits per heavy atom. The normalized spacial score (nSPS) is 20.1. The van der Waals surface area contributed by atoms with E-state index in [1.807, 2.05) is 12.1 Å². The van der Waals surface area contributed by atoms with E-state index in [2.05, 4.69) is 10.6 Å². The van der Waals surface area contributed by atoms with Crippen molar-refractivity contribution in [1.82, 2.24) is 10.6 Å². The second-order valence-corrected chi connectivity index (χ2v) is 5.82. The van der Waals surface area contributed by atoms with Crippen LogP contribution in [0.5, 0.6) is 0 Å². The van der Waals surface area contributed by atoms with Gasteiger partial charge in [0, 0.05) is 18.7 Å². The van der Waals surface area contributed by atoms with Crippen LogP contribution in [0.25, 0.3) is 0 Å². The Morgan fingerprint density at radius 2 is 2.00 bits per heavy atom. The molecule has 0 bridgehead atoms. The van der Waals surface area contributed by atoms with E-state index < -0.39 is 11.5 Å². The van der Waals surface area contributed by atoms with Gasteiger partial charge >= 0.3 is 5.97 Å². The maximum Gasteiger partial charge on any atom is 0.329 e. The summed E-state index contributed by atoms with van der Waals surface area (Å²) in [5.74, 6) is -1.23. The zero-order valence-electron chi connectivity index (χ0n) is 11.4. The van der Waals surface area contributed by atoms with Gasteiger partial charge in [0.15, 0.2) is 0 Å². The zero-order chi connectivity index (χ0) is 14.3. The Hall–Kier alpha value is -1.88. The van der Waals surface area contributed by atoms with E-state index >= 15 is 0 Å². The molecule has 2 aliphatic rings. The van der Waals surface area contributed by atoms with Crippen LogP contribution < -0.4 is 10.6 Å². The molecule has 0 radical (unpaired) electrons. The van der Waals surface area contributed by atoms with Gasteiger partial charge in [0.25, 0.3) is 5.91 Å². The number of benzene rings is 1. The lowest BCUT2D eigenvalue weighted by Crippen LogP contribution is -2.54. The molecule has 1 aliphatic carbocycles. The fraction of sp³-hybridized carbons (Fsp3) is 0.467. The number of aliphatic carboxylic acids is 1. The van der Waals surface area contributed by atoms with Crippen molar-refractivity contribution >= 4 is 11.9 Å². The standard InChI is InChI=1S/C15H18N2O3/c1-15(14(19)20,12-4-5-12)17-13(18)9-2-3-10-7-16-8-11(10)6-9/h2-3,6,12,16H,4-5,7-8H2,1H3,(H,17,18)(H,19,20).